The summed E-state index contributed by atoms with van der Waals surface area (Å²) in [4.78, 5) is 0. The van der Waals surface area contributed by atoms with Crippen LogP contribution in [0.2, 0.25) is 5.02 Å². The molecular weight excluding hydrogens is 177 g/mol. The summed E-state index contributed by atoms with van der Waals surface area (Å²) in [6.45, 7) is 1.41. The average Bonchev–Trinajstić information content (AvgIpc) is 2.05. The maximum absolute atomic E-state index is 13.5. The van der Waals surface area contributed by atoms with E-state index in [0.29, 0.717) is 10.6 Å². The van der Waals surface area contributed by atoms with Crippen molar-refractivity contribution in [2.45, 2.75) is 12.6 Å². The van der Waals surface area contributed by atoms with Gasteiger partial charge in [-0.3, -0.25) is 0 Å². The highest BCUT2D eigenvalue weighted by molar-refractivity contribution is 6.30. The minimum Gasteiger partial charge on any atom is -0.327 e. The molecule has 0 aromatic heterocycles. The summed E-state index contributed by atoms with van der Waals surface area (Å²) in [6.07, 6.45) is 0. The highest BCUT2D eigenvalue weighted by Crippen LogP contribution is 2.25. The summed E-state index contributed by atoms with van der Waals surface area (Å²) in [5.41, 5.74) is 4.31. The molecular formula is C9H11ClFN. The summed E-state index contributed by atoms with van der Waals surface area (Å²) in [6, 6.07) is 6.69. The maximum atomic E-state index is 13.5. The SMILES string of the molecule is C[C@](F)(CN)c1cccc(Cl)c1. The van der Waals surface area contributed by atoms with Crippen molar-refractivity contribution < 1.29 is 4.39 Å². The normalized spacial score (nSPS) is 15.7. The largest absolute Gasteiger partial charge is 0.327 e. The van der Waals surface area contributed by atoms with Crippen LogP contribution in [0, 0.1) is 0 Å². The lowest BCUT2D eigenvalue weighted by atomic mass is 9.98. The third-order valence-corrected chi connectivity index (χ3v) is 2.04. The smallest absolute Gasteiger partial charge is 0.145 e. The molecule has 12 heavy (non-hydrogen) atoms. The van der Waals surface area contributed by atoms with Gasteiger partial charge in [0.2, 0.25) is 0 Å². The molecule has 1 aromatic carbocycles. The van der Waals surface area contributed by atoms with Crippen LogP contribution < -0.4 is 5.73 Å². The molecule has 0 spiro atoms. The predicted octanol–water partition coefficient (Wildman–Crippen LogP) is 2.48. The van der Waals surface area contributed by atoms with Gasteiger partial charge in [-0.05, 0) is 24.6 Å². The van der Waals surface area contributed by atoms with Crippen molar-refractivity contribution in [3.05, 3.63) is 34.9 Å². The molecule has 0 aliphatic rings. The van der Waals surface area contributed by atoms with Crippen molar-refractivity contribution in [3.8, 4) is 0 Å². The Morgan fingerprint density at radius 3 is 2.75 bits per heavy atom. The number of benzene rings is 1. The van der Waals surface area contributed by atoms with Gasteiger partial charge < -0.3 is 5.73 Å². The van der Waals surface area contributed by atoms with E-state index in [0.717, 1.165) is 0 Å². The summed E-state index contributed by atoms with van der Waals surface area (Å²) in [5.74, 6) is 0. The fourth-order valence-corrected chi connectivity index (χ4v) is 1.12. The Morgan fingerprint density at radius 1 is 1.58 bits per heavy atom. The zero-order chi connectivity index (χ0) is 9.19. The number of alkyl halides is 1. The Kier molecular flexibility index (Phi) is 2.70. The van der Waals surface area contributed by atoms with E-state index < -0.39 is 5.67 Å². The van der Waals surface area contributed by atoms with Crippen LogP contribution in [-0.2, 0) is 5.67 Å². The fourth-order valence-electron chi connectivity index (χ4n) is 0.931. The second-order valence-electron chi connectivity index (χ2n) is 2.91. The monoisotopic (exact) mass is 187 g/mol. The van der Waals surface area contributed by atoms with Crippen molar-refractivity contribution in [2.75, 3.05) is 6.54 Å². The highest BCUT2D eigenvalue weighted by Gasteiger charge is 2.23. The van der Waals surface area contributed by atoms with Gasteiger partial charge in [0.05, 0.1) is 0 Å². The van der Waals surface area contributed by atoms with E-state index in [1.807, 2.05) is 0 Å². The molecule has 0 unspecified atom stereocenters. The van der Waals surface area contributed by atoms with Gasteiger partial charge in [0, 0.05) is 11.6 Å². The number of hydrogen-bond acceptors (Lipinski definition) is 1. The predicted molar refractivity (Wildman–Crippen MR) is 49.0 cm³/mol. The van der Waals surface area contributed by atoms with E-state index in [2.05, 4.69) is 0 Å². The molecule has 66 valence electrons. The second-order valence-corrected chi connectivity index (χ2v) is 3.35. The van der Waals surface area contributed by atoms with Crippen LogP contribution in [0.3, 0.4) is 0 Å². The molecule has 1 aromatic rings. The van der Waals surface area contributed by atoms with Crippen molar-refractivity contribution in [1.29, 1.82) is 0 Å². The lowest BCUT2D eigenvalue weighted by Crippen LogP contribution is -2.26. The molecule has 0 aliphatic heterocycles. The number of rotatable bonds is 2. The van der Waals surface area contributed by atoms with E-state index in [9.17, 15) is 4.39 Å². The molecule has 0 aliphatic carbocycles. The van der Waals surface area contributed by atoms with E-state index >= 15 is 0 Å². The van der Waals surface area contributed by atoms with Gasteiger partial charge in [0.25, 0.3) is 0 Å². The maximum Gasteiger partial charge on any atom is 0.145 e. The van der Waals surface area contributed by atoms with Crippen LogP contribution in [0.4, 0.5) is 4.39 Å². The number of halogens is 2. The molecule has 3 heteroatoms. The summed E-state index contributed by atoms with van der Waals surface area (Å²) in [5, 5.41) is 0.532. The Hall–Kier alpha value is -0.600. The lowest BCUT2D eigenvalue weighted by molar-refractivity contribution is 0.203. The topological polar surface area (TPSA) is 26.0 Å². The number of hydrogen-bond donors (Lipinski definition) is 1. The molecule has 0 saturated heterocycles. The van der Waals surface area contributed by atoms with Crippen LogP contribution in [0.5, 0.6) is 0 Å². The molecule has 0 saturated carbocycles. The molecule has 1 atom stereocenters. The van der Waals surface area contributed by atoms with Crippen molar-refractivity contribution in [3.63, 3.8) is 0 Å². The molecule has 0 bridgehead atoms. The first-order chi connectivity index (χ1) is 5.56. The first kappa shape index (κ1) is 9.49. The molecule has 0 heterocycles. The van der Waals surface area contributed by atoms with Gasteiger partial charge in [-0.15, -0.1) is 0 Å². The third-order valence-electron chi connectivity index (χ3n) is 1.81. The molecule has 1 rings (SSSR count). The van der Waals surface area contributed by atoms with Gasteiger partial charge in [0.1, 0.15) is 5.67 Å². The summed E-state index contributed by atoms with van der Waals surface area (Å²) >= 11 is 5.70. The zero-order valence-corrected chi connectivity index (χ0v) is 7.61. The fraction of sp³-hybridized carbons (Fsp3) is 0.333. The molecule has 0 amide bonds. The van der Waals surface area contributed by atoms with Gasteiger partial charge in [-0.2, -0.15) is 0 Å². The van der Waals surface area contributed by atoms with Crippen LogP contribution in [-0.4, -0.2) is 6.54 Å². The Morgan fingerprint density at radius 2 is 2.25 bits per heavy atom. The van der Waals surface area contributed by atoms with Crippen LogP contribution in [0.15, 0.2) is 24.3 Å². The van der Waals surface area contributed by atoms with Crippen LogP contribution in [0.25, 0.3) is 0 Å². The standard InChI is InChI=1S/C9H11ClFN/c1-9(11,6-12)7-3-2-4-8(10)5-7/h2-5H,6,12H2,1H3/t9-/m0/s1. The van der Waals surface area contributed by atoms with Crippen molar-refractivity contribution in [1.82, 2.24) is 0 Å². The number of nitrogens with two attached hydrogens (primary N) is 1. The van der Waals surface area contributed by atoms with E-state index in [-0.39, 0.29) is 6.54 Å². The first-order valence-corrected chi connectivity index (χ1v) is 4.09. The lowest BCUT2D eigenvalue weighted by Gasteiger charge is -2.18. The third kappa shape index (κ3) is 1.96. The minimum atomic E-state index is -1.48. The zero-order valence-electron chi connectivity index (χ0n) is 6.85. The van der Waals surface area contributed by atoms with E-state index in [1.165, 1.54) is 6.92 Å². The molecule has 1 nitrogen and oxygen atoms in total. The summed E-state index contributed by atoms with van der Waals surface area (Å²) < 4.78 is 13.5. The quantitative estimate of drug-likeness (QED) is 0.757. The van der Waals surface area contributed by atoms with Gasteiger partial charge >= 0.3 is 0 Å². The van der Waals surface area contributed by atoms with E-state index in [1.54, 1.807) is 24.3 Å². The highest BCUT2D eigenvalue weighted by atomic mass is 35.5. The Balaban J connectivity index is 3.03. The minimum absolute atomic E-state index is 0.0344. The molecule has 2 N–H and O–H groups in total. The van der Waals surface area contributed by atoms with Crippen molar-refractivity contribution >= 4 is 11.6 Å². The molecule has 0 radical (unpaired) electrons. The first-order valence-electron chi connectivity index (χ1n) is 3.71. The van der Waals surface area contributed by atoms with Gasteiger partial charge in [0.15, 0.2) is 0 Å². The van der Waals surface area contributed by atoms with Crippen LogP contribution >= 0.6 is 11.6 Å². The second kappa shape index (κ2) is 3.42. The Bertz CT molecular complexity index is 273. The Labute approximate surface area is 76.3 Å². The van der Waals surface area contributed by atoms with Gasteiger partial charge in [-0.1, -0.05) is 23.7 Å². The summed E-state index contributed by atoms with van der Waals surface area (Å²) in [7, 11) is 0. The van der Waals surface area contributed by atoms with Crippen LogP contribution in [0.1, 0.15) is 12.5 Å². The van der Waals surface area contributed by atoms with Gasteiger partial charge in [-0.25, -0.2) is 4.39 Å². The average molecular weight is 188 g/mol. The molecule has 0 fully saturated rings. The van der Waals surface area contributed by atoms with Crippen molar-refractivity contribution in [2.24, 2.45) is 5.73 Å². The van der Waals surface area contributed by atoms with E-state index in [4.69, 9.17) is 17.3 Å².